The minimum atomic E-state index is -4.82. The highest BCUT2D eigenvalue weighted by molar-refractivity contribution is 7.91. The second kappa shape index (κ2) is 12.1. The molecule has 0 saturated carbocycles. The lowest BCUT2D eigenvalue weighted by molar-refractivity contribution is -0.141. The molecule has 0 spiro atoms. The predicted octanol–water partition coefficient (Wildman–Crippen LogP) is 6.81. The zero-order valence-electron chi connectivity index (χ0n) is 19.4. The van der Waals surface area contributed by atoms with E-state index < -0.39 is 44.1 Å². The third-order valence-corrected chi connectivity index (χ3v) is 5.63. The molecule has 186 valence electrons. The number of alkyl halides is 6. The van der Waals surface area contributed by atoms with Crippen molar-refractivity contribution in [2.75, 3.05) is 5.75 Å². The molecule has 0 aliphatic rings. The van der Waals surface area contributed by atoms with Gasteiger partial charge >= 0.3 is 12.4 Å². The van der Waals surface area contributed by atoms with E-state index in [1.165, 1.54) is 20.8 Å². The molecule has 33 heavy (non-hydrogen) atoms. The van der Waals surface area contributed by atoms with Crippen LogP contribution in [0.4, 0.5) is 32.0 Å². The average Bonchev–Trinajstić information content (AvgIpc) is 2.76. The summed E-state index contributed by atoms with van der Waals surface area (Å²) in [6.45, 7) is 11.9. The van der Waals surface area contributed by atoms with Gasteiger partial charge in [0.1, 0.15) is 11.4 Å². The Morgan fingerprint density at radius 2 is 1.48 bits per heavy atom. The summed E-state index contributed by atoms with van der Waals surface area (Å²) in [6, 6.07) is 1.11. The number of sulfone groups is 1. The van der Waals surface area contributed by atoms with Gasteiger partial charge in [0.2, 0.25) is 0 Å². The molecular weight excluding hydrogens is 472 g/mol. The molecular formula is C21H27F6N3O2S. The van der Waals surface area contributed by atoms with Gasteiger partial charge in [-0.1, -0.05) is 34.6 Å². The number of aryl methyl sites for hydroxylation is 1. The lowest BCUT2D eigenvalue weighted by Crippen LogP contribution is -2.15. The van der Waals surface area contributed by atoms with Crippen LogP contribution in [0.25, 0.3) is 0 Å². The van der Waals surface area contributed by atoms with Gasteiger partial charge in [-0.05, 0) is 31.5 Å². The summed E-state index contributed by atoms with van der Waals surface area (Å²) >= 11 is 0. The monoisotopic (exact) mass is 499 g/mol. The molecule has 2 rings (SSSR count). The van der Waals surface area contributed by atoms with Crippen LogP contribution in [0.15, 0.2) is 34.4 Å². The van der Waals surface area contributed by atoms with E-state index in [0.29, 0.717) is 18.3 Å². The number of aromatic nitrogens is 2. The molecule has 0 atom stereocenters. The van der Waals surface area contributed by atoms with Gasteiger partial charge < -0.3 is 0 Å². The summed E-state index contributed by atoms with van der Waals surface area (Å²) in [6.07, 6.45) is -8.16. The van der Waals surface area contributed by atoms with E-state index >= 15 is 0 Å². The van der Waals surface area contributed by atoms with Crippen LogP contribution in [0.2, 0.25) is 0 Å². The van der Waals surface area contributed by atoms with Crippen LogP contribution in [0.1, 0.15) is 64.1 Å². The van der Waals surface area contributed by atoms with E-state index in [-0.39, 0.29) is 22.7 Å². The third kappa shape index (κ3) is 8.09. The van der Waals surface area contributed by atoms with Crippen molar-refractivity contribution in [1.29, 1.82) is 0 Å². The molecule has 2 aromatic rings. The molecule has 0 fully saturated rings. The zero-order chi connectivity index (χ0) is 26.2. The normalized spacial score (nSPS) is 12.3. The zero-order valence-corrected chi connectivity index (χ0v) is 20.2. The molecule has 2 heterocycles. The molecule has 0 aliphatic carbocycles. The first-order valence-electron chi connectivity index (χ1n) is 10.1. The molecule has 5 nitrogen and oxygen atoms in total. The second-order valence-corrected chi connectivity index (χ2v) is 8.27. The Morgan fingerprint density at radius 3 is 1.94 bits per heavy atom. The van der Waals surface area contributed by atoms with Crippen molar-refractivity contribution < 1.29 is 34.8 Å². The number of pyridine rings is 2. The van der Waals surface area contributed by atoms with Gasteiger partial charge in [0.15, 0.2) is 9.84 Å². The van der Waals surface area contributed by atoms with Gasteiger partial charge in [0.05, 0.1) is 27.6 Å². The van der Waals surface area contributed by atoms with E-state index in [4.69, 9.17) is 0 Å². The molecule has 2 aromatic heterocycles. The second-order valence-electron chi connectivity index (χ2n) is 6.02. The Bertz CT molecular complexity index is 1060. The fourth-order valence-electron chi connectivity index (χ4n) is 2.29. The predicted molar refractivity (Wildman–Crippen MR) is 116 cm³/mol. The Labute approximate surface area is 189 Å². The lowest BCUT2D eigenvalue weighted by atomic mass is 10.2. The van der Waals surface area contributed by atoms with E-state index in [9.17, 15) is 34.8 Å². The summed E-state index contributed by atoms with van der Waals surface area (Å²) in [5.74, 6) is -0.497. The number of hydrogen-bond donors (Lipinski definition) is 0. The maximum absolute atomic E-state index is 13.0. The van der Waals surface area contributed by atoms with Crippen molar-refractivity contribution >= 4 is 21.2 Å². The third-order valence-electron chi connectivity index (χ3n) is 3.89. The molecule has 0 amide bonds. The smallest absolute Gasteiger partial charge is 0.253 e. The van der Waals surface area contributed by atoms with Gasteiger partial charge in [-0.15, -0.1) is 0 Å². The topological polar surface area (TPSA) is 72.3 Å². The first kappa shape index (κ1) is 30.5. The molecule has 0 radical (unpaired) electrons. The molecule has 0 aromatic carbocycles. The average molecular weight is 500 g/mol. The van der Waals surface area contributed by atoms with Gasteiger partial charge in [0, 0.05) is 12.4 Å². The number of halogens is 6. The SMILES string of the molecule is CC.CC.CCS(=O)(=O)c1cc(C(F)(F)F)cnc1C(C)=Nc1cc(C(F)(F)F)ncc1C. The van der Waals surface area contributed by atoms with Crippen LogP contribution < -0.4 is 0 Å². The van der Waals surface area contributed by atoms with Crippen LogP contribution in [0, 0.1) is 6.92 Å². The molecule has 0 aliphatic heterocycles. The first-order chi connectivity index (χ1) is 15.2. The fourth-order valence-corrected chi connectivity index (χ4v) is 3.40. The molecule has 0 bridgehead atoms. The van der Waals surface area contributed by atoms with Crippen molar-refractivity contribution in [1.82, 2.24) is 9.97 Å². The maximum atomic E-state index is 13.0. The standard InChI is InChI=1S/C17H15F6N3O2S.2C2H6/c1-4-29(27,28)13-5-11(16(18,19)20)8-25-15(13)10(3)26-12-6-14(17(21,22)23)24-7-9(12)2;2*1-2/h5-8H,4H2,1-3H3;2*1-2H3. The lowest BCUT2D eigenvalue weighted by Gasteiger charge is -2.13. The highest BCUT2D eigenvalue weighted by Crippen LogP contribution is 2.33. The van der Waals surface area contributed by atoms with Gasteiger partial charge in [-0.2, -0.15) is 26.3 Å². The highest BCUT2D eigenvalue weighted by Gasteiger charge is 2.34. The van der Waals surface area contributed by atoms with Crippen LogP contribution in [0.3, 0.4) is 0 Å². The number of rotatable bonds is 4. The Balaban J connectivity index is 0.00000242. The molecule has 0 N–H and O–H groups in total. The van der Waals surface area contributed by atoms with Crippen molar-refractivity contribution in [3.05, 3.63) is 47.0 Å². The number of aliphatic imine (C=N–C) groups is 1. The van der Waals surface area contributed by atoms with Crippen molar-refractivity contribution in [2.45, 2.75) is 65.7 Å². The largest absolute Gasteiger partial charge is 0.433 e. The van der Waals surface area contributed by atoms with E-state index in [1.807, 2.05) is 27.7 Å². The first-order valence-corrected chi connectivity index (χ1v) is 11.7. The van der Waals surface area contributed by atoms with E-state index in [0.717, 1.165) is 6.20 Å². The van der Waals surface area contributed by atoms with Gasteiger partial charge in [0.25, 0.3) is 0 Å². The number of hydrogen-bond acceptors (Lipinski definition) is 5. The summed E-state index contributed by atoms with van der Waals surface area (Å²) in [5.41, 5.74) is -2.91. The summed E-state index contributed by atoms with van der Waals surface area (Å²) < 4.78 is 102. The minimum absolute atomic E-state index is 0.159. The van der Waals surface area contributed by atoms with E-state index in [2.05, 4.69) is 15.0 Å². The quantitative estimate of drug-likeness (QED) is 0.342. The van der Waals surface area contributed by atoms with Crippen molar-refractivity contribution in [3.8, 4) is 0 Å². The Hall–Kier alpha value is -2.50. The fraction of sp³-hybridized carbons (Fsp3) is 0.476. The van der Waals surface area contributed by atoms with E-state index in [1.54, 1.807) is 0 Å². The molecule has 0 unspecified atom stereocenters. The van der Waals surface area contributed by atoms with Gasteiger partial charge in [-0.3, -0.25) is 15.0 Å². The van der Waals surface area contributed by atoms with Crippen LogP contribution in [0.5, 0.6) is 0 Å². The van der Waals surface area contributed by atoms with Gasteiger partial charge in [-0.25, -0.2) is 8.42 Å². The summed E-state index contributed by atoms with van der Waals surface area (Å²) in [7, 11) is -4.13. The Kier molecular flexibility index (Phi) is 11.2. The number of nitrogens with zero attached hydrogens (tertiary/aromatic N) is 3. The van der Waals surface area contributed by atoms with Crippen LogP contribution >= 0.6 is 0 Å². The molecule has 0 saturated heterocycles. The van der Waals surface area contributed by atoms with Crippen molar-refractivity contribution in [2.24, 2.45) is 4.99 Å². The Morgan fingerprint density at radius 1 is 0.939 bits per heavy atom. The summed E-state index contributed by atoms with van der Waals surface area (Å²) in [5, 5.41) is 0. The summed E-state index contributed by atoms with van der Waals surface area (Å²) in [4.78, 5) is 10.1. The van der Waals surface area contributed by atoms with Crippen molar-refractivity contribution in [3.63, 3.8) is 0 Å². The maximum Gasteiger partial charge on any atom is 0.433 e. The van der Waals surface area contributed by atoms with Crippen LogP contribution in [-0.4, -0.2) is 29.9 Å². The molecule has 12 heteroatoms. The minimum Gasteiger partial charge on any atom is -0.253 e. The van der Waals surface area contributed by atoms with Crippen LogP contribution in [-0.2, 0) is 22.2 Å². The highest BCUT2D eigenvalue weighted by atomic mass is 32.2.